The predicted molar refractivity (Wildman–Crippen MR) is 54.7 cm³/mol. The standard InChI is InChI=1S/C9H7N3O4/c10-7-4-11-16-9(7)6-3-5(13)1-2-8(6)12(14)15/h1-4,13H,10H2. The van der Waals surface area contributed by atoms with Crippen LogP contribution in [-0.2, 0) is 0 Å². The number of nitro benzene ring substituents is 1. The normalized spacial score (nSPS) is 10.2. The molecule has 0 saturated carbocycles. The zero-order valence-corrected chi connectivity index (χ0v) is 7.95. The van der Waals surface area contributed by atoms with E-state index in [9.17, 15) is 15.2 Å². The molecule has 1 aromatic carbocycles. The Morgan fingerprint density at radius 1 is 1.50 bits per heavy atom. The highest BCUT2D eigenvalue weighted by Crippen LogP contribution is 2.35. The van der Waals surface area contributed by atoms with Crippen LogP contribution in [0.5, 0.6) is 5.75 Å². The van der Waals surface area contributed by atoms with Crippen LogP contribution in [0.2, 0.25) is 0 Å². The fourth-order valence-electron chi connectivity index (χ4n) is 1.32. The number of hydrogen-bond acceptors (Lipinski definition) is 6. The van der Waals surface area contributed by atoms with Crippen LogP contribution in [-0.4, -0.2) is 15.2 Å². The second-order valence-corrected chi connectivity index (χ2v) is 3.07. The lowest BCUT2D eigenvalue weighted by atomic mass is 10.1. The molecule has 0 spiro atoms. The molecule has 0 fully saturated rings. The van der Waals surface area contributed by atoms with Gasteiger partial charge in [-0.2, -0.15) is 0 Å². The van der Waals surface area contributed by atoms with Crippen molar-refractivity contribution >= 4 is 11.4 Å². The van der Waals surface area contributed by atoms with E-state index in [1.807, 2.05) is 0 Å². The highest BCUT2D eigenvalue weighted by Gasteiger charge is 2.20. The van der Waals surface area contributed by atoms with Crippen molar-refractivity contribution in [2.45, 2.75) is 0 Å². The van der Waals surface area contributed by atoms with Crippen molar-refractivity contribution in [2.24, 2.45) is 0 Å². The van der Waals surface area contributed by atoms with Gasteiger partial charge >= 0.3 is 0 Å². The van der Waals surface area contributed by atoms with Gasteiger partial charge in [0, 0.05) is 6.07 Å². The molecule has 7 heteroatoms. The quantitative estimate of drug-likeness (QED) is 0.586. The first-order chi connectivity index (χ1) is 7.59. The summed E-state index contributed by atoms with van der Waals surface area (Å²) in [5, 5.41) is 23.5. The highest BCUT2D eigenvalue weighted by atomic mass is 16.6. The van der Waals surface area contributed by atoms with E-state index >= 15 is 0 Å². The van der Waals surface area contributed by atoms with Crippen molar-refractivity contribution in [3.63, 3.8) is 0 Å². The zero-order valence-electron chi connectivity index (χ0n) is 7.95. The van der Waals surface area contributed by atoms with Crippen molar-refractivity contribution in [3.05, 3.63) is 34.5 Å². The third-order valence-corrected chi connectivity index (χ3v) is 2.02. The molecule has 16 heavy (non-hydrogen) atoms. The van der Waals surface area contributed by atoms with E-state index in [1.54, 1.807) is 0 Å². The summed E-state index contributed by atoms with van der Waals surface area (Å²) in [7, 11) is 0. The molecule has 0 radical (unpaired) electrons. The van der Waals surface area contributed by atoms with Crippen LogP contribution in [0.1, 0.15) is 0 Å². The smallest absolute Gasteiger partial charge is 0.280 e. The average Bonchev–Trinajstić information content (AvgIpc) is 2.63. The average molecular weight is 221 g/mol. The Morgan fingerprint density at radius 2 is 2.25 bits per heavy atom. The maximum Gasteiger partial charge on any atom is 0.280 e. The molecule has 0 bridgehead atoms. The highest BCUT2D eigenvalue weighted by molar-refractivity contribution is 5.78. The molecule has 0 aliphatic rings. The molecule has 0 aliphatic carbocycles. The van der Waals surface area contributed by atoms with Gasteiger partial charge in [-0.3, -0.25) is 10.1 Å². The van der Waals surface area contributed by atoms with Crippen LogP contribution < -0.4 is 5.73 Å². The lowest BCUT2D eigenvalue weighted by Crippen LogP contribution is -1.93. The number of anilines is 1. The van der Waals surface area contributed by atoms with Gasteiger partial charge in [0.25, 0.3) is 5.69 Å². The predicted octanol–water partition coefficient (Wildman–Crippen LogP) is 1.54. The number of phenols is 1. The van der Waals surface area contributed by atoms with Crippen LogP contribution in [0.15, 0.2) is 28.9 Å². The Bertz CT molecular complexity index is 549. The summed E-state index contributed by atoms with van der Waals surface area (Å²) >= 11 is 0. The van der Waals surface area contributed by atoms with Crippen LogP contribution in [0, 0.1) is 10.1 Å². The van der Waals surface area contributed by atoms with E-state index < -0.39 is 4.92 Å². The van der Waals surface area contributed by atoms with E-state index in [0.717, 1.165) is 0 Å². The number of rotatable bonds is 2. The van der Waals surface area contributed by atoms with Gasteiger partial charge in [-0.25, -0.2) is 0 Å². The fourth-order valence-corrected chi connectivity index (χ4v) is 1.32. The SMILES string of the molecule is Nc1cnoc1-c1cc(O)ccc1[N+](=O)[O-]. The number of nitrogen functional groups attached to an aromatic ring is 1. The van der Waals surface area contributed by atoms with Crippen molar-refractivity contribution in [2.75, 3.05) is 5.73 Å². The number of benzene rings is 1. The number of nitrogens with zero attached hydrogens (tertiary/aromatic N) is 2. The van der Waals surface area contributed by atoms with Gasteiger partial charge < -0.3 is 15.4 Å². The molecular formula is C9H7N3O4. The van der Waals surface area contributed by atoms with Gasteiger partial charge in [0.1, 0.15) is 17.0 Å². The van der Waals surface area contributed by atoms with Gasteiger partial charge in [-0.15, -0.1) is 0 Å². The van der Waals surface area contributed by atoms with E-state index in [1.165, 1.54) is 24.4 Å². The minimum atomic E-state index is -0.587. The Morgan fingerprint density at radius 3 is 2.81 bits per heavy atom. The lowest BCUT2D eigenvalue weighted by Gasteiger charge is -2.00. The van der Waals surface area contributed by atoms with Crippen LogP contribution >= 0.6 is 0 Å². The van der Waals surface area contributed by atoms with Crippen molar-refractivity contribution in [1.29, 1.82) is 0 Å². The summed E-state index contributed by atoms with van der Waals surface area (Å²) in [6.45, 7) is 0. The fraction of sp³-hybridized carbons (Fsp3) is 0. The molecule has 1 heterocycles. The third-order valence-electron chi connectivity index (χ3n) is 2.02. The Balaban J connectivity index is 2.67. The molecule has 0 amide bonds. The maximum absolute atomic E-state index is 10.8. The first-order valence-electron chi connectivity index (χ1n) is 4.27. The van der Waals surface area contributed by atoms with Crippen LogP contribution in [0.4, 0.5) is 11.4 Å². The summed E-state index contributed by atoms with van der Waals surface area (Å²) in [6, 6.07) is 3.59. The zero-order chi connectivity index (χ0) is 11.7. The number of hydrogen-bond donors (Lipinski definition) is 2. The van der Waals surface area contributed by atoms with Crippen LogP contribution in [0.25, 0.3) is 11.3 Å². The molecule has 1 aromatic heterocycles. The molecule has 3 N–H and O–H groups in total. The van der Waals surface area contributed by atoms with Gasteiger partial charge in [0.2, 0.25) is 0 Å². The molecule has 82 valence electrons. The van der Waals surface area contributed by atoms with Crippen LogP contribution in [0.3, 0.4) is 0 Å². The molecular weight excluding hydrogens is 214 g/mol. The van der Waals surface area contributed by atoms with E-state index in [-0.39, 0.29) is 28.4 Å². The minimum Gasteiger partial charge on any atom is -0.508 e. The number of aromatic nitrogens is 1. The molecule has 2 rings (SSSR count). The number of nitro groups is 1. The van der Waals surface area contributed by atoms with Gasteiger partial charge in [0.15, 0.2) is 5.76 Å². The summed E-state index contributed by atoms with van der Waals surface area (Å²) < 4.78 is 4.81. The number of nitrogens with two attached hydrogens (primary N) is 1. The van der Waals surface area contributed by atoms with Crippen molar-refractivity contribution < 1.29 is 14.6 Å². The maximum atomic E-state index is 10.8. The molecule has 0 saturated heterocycles. The van der Waals surface area contributed by atoms with Crippen molar-refractivity contribution in [1.82, 2.24) is 5.16 Å². The van der Waals surface area contributed by atoms with E-state index in [0.29, 0.717) is 0 Å². The lowest BCUT2D eigenvalue weighted by molar-refractivity contribution is -0.384. The monoisotopic (exact) mass is 221 g/mol. The second-order valence-electron chi connectivity index (χ2n) is 3.07. The van der Waals surface area contributed by atoms with Crippen molar-refractivity contribution in [3.8, 4) is 17.1 Å². The third kappa shape index (κ3) is 1.54. The summed E-state index contributed by atoms with van der Waals surface area (Å²) in [5.41, 5.74) is 5.60. The Kier molecular flexibility index (Phi) is 2.20. The van der Waals surface area contributed by atoms with E-state index in [4.69, 9.17) is 10.3 Å². The molecule has 0 unspecified atom stereocenters. The summed E-state index contributed by atoms with van der Waals surface area (Å²) in [4.78, 5) is 10.2. The molecule has 7 nitrogen and oxygen atoms in total. The molecule has 2 aromatic rings. The summed E-state index contributed by atoms with van der Waals surface area (Å²) in [5.74, 6) is -0.0426. The number of aromatic hydroxyl groups is 1. The second kappa shape index (κ2) is 3.54. The first kappa shape index (κ1) is 9.97. The molecule has 0 atom stereocenters. The van der Waals surface area contributed by atoms with E-state index in [2.05, 4.69) is 5.16 Å². The Hall–Kier alpha value is -2.57. The molecule has 0 aliphatic heterocycles. The van der Waals surface area contributed by atoms with Gasteiger partial charge in [0.05, 0.1) is 11.1 Å². The first-order valence-corrected chi connectivity index (χ1v) is 4.27. The summed E-state index contributed by atoms with van der Waals surface area (Å²) in [6.07, 6.45) is 1.24. The van der Waals surface area contributed by atoms with Gasteiger partial charge in [-0.05, 0) is 12.1 Å². The van der Waals surface area contributed by atoms with Gasteiger partial charge in [-0.1, -0.05) is 5.16 Å². The topological polar surface area (TPSA) is 115 Å². The minimum absolute atomic E-state index is 0.0719. The number of phenolic OH excluding ortho intramolecular Hbond substituents is 1. The Labute approximate surface area is 89.2 Å². The largest absolute Gasteiger partial charge is 0.508 e.